The zero-order chi connectivity index (χ0) is 17.6. The molecule has 4 nitrogen and oxygen atoms in total. The summed E-state index contributed by atoms with van der Waals surface area (Å²) in [5, 5.41) is 0. The van der Waals surface area contributed by atoms with Gasteiger partial charge in [0.15, 0.2) is 5.75 Å². The Kier molecular flexibility index (Phi) is 4.90. The zero-order valence-corrected chi connectivity index (χ0v) is 13.8. The van der Waals surface area contributed by atoms with Crippen molar-refractivity contribution in [1.29, 1.82) is 0 Å². The molecule has 3 aromatic rings. The van der Waals surface area contributed by atoms with Crippen LogP contribution in [0.25, 0.3) is 0 Å². The Bertz CT molecular complexity index is 924. The van der Waals surface area contributed by atoms with Crippen LogP contribution in [0.2, 0.25) is 0 Å². The molecule has 0 saturated heterocycles. The number of ether oxygens (including phenoxy) is 1. The number of methoxy groups -OCH3 is 1. The summed E-state index contributed by atoms with van der Waals surface area (Å²) in [5.74, 6) is 0.0517. The Morgan fingerprint density at radius 3 is 1.96 bits per heavy atom. The smallest absolute Gasteiger partial charge is 0.262 e. The molecule has 1 amide bonds. The highest BCUT2D eigenvalue weighted by molar-refractivity contribution is 6.10. The molecule has 0 atom stereocenters. The Morgan fingerprint density at radius 1 is 0.760 bits per heavy atom. The fourth-order valence-electron chi connectivity index (χ4n) is 2.53. The molecule has 25 heavy (non-hydrogen) atoms. The summed E-state index contributed by atoms with van der Waals surface area (Å²) < 4.78 is 5.07. The van der Waals surface area contributed by atoms with E-state index in [1.54, 1.807) is 35.2 Å². The van der Waals surface area contributed by atoms with Crippen LogP contribution in [0.15, 0.2) is 89.7 Å². The highest BCUT2D eigenvalue weighted by atomic mass is 16.5. The van der Waals surface area contributed by atoms with E-state index in [0.717, 1.165) is 0 Å². The Balaban J connectivity index is 2.14. The number of carbonyl (C=O) groups is 1. The molecule has 0 aliphatic carbocycles. The Hall–Kier alpha value is -3.40. The molecule has 0 heterocycles. The largest absolute Gasteiger partial charge is 0.493 e. The molecule has 0 bridgehead atoms. The van der Waals surface area contributed by atoms with Gasteiger partial charge in [-0.2, -0.15) is 0 Å². The predicted octanol–water partition coefficient (Wildman–Crippen LogP) is 4.03. The van der Waals surface area contributed by atoms with Gasteiger partial charge >= 0.3 is 0 Å². The fourth-order valence-corrected chi connectivity index (χ4v) is 2.53. The first-order chi connectivity index (χ1) is 12.2. The summed E-state index contributed by atoms with van der Waals surface area (Å²) in [6.45, 7) is 0. The lowest BCUT2D eigenvalue weighted by molar-refractivity contribution is 0.0999. The number of amides is 1. The summed E-state index contributed by atoms with van der Waals surface area (Å²) in [4.78, 5) is 26.7. The lowest BCUT2D eigenvalue weighted by atomic mass is 10.1. The number of hydrogen-bond acceptors (Lipinski definition) is 3. The molecular formula is C21H17NO3. The van der Waals surface area contributed by atoms with Crippen molar-refractivity contribution in [3.63, 3.8) is 0 Å². The van der Waals surface area contributed by atoms with Gasteiger partial charge in [0.25, 0.3) is 5.91 Å². The maximum absolute atomic E-state index is 13.1. The summed E-state index contributed by atoms with van der Waals surface area (Å²) in [5.41, 5.74) is 1.62. The molecule has 3 aromatic carbocycles. The monoisotopic (exact) mass is 331 g/mol. The van der Waals surface area contributed by atoms with Gasteiger partial charge in [0.2, 0.25) is 5.43 Å². The third-order valence-corrected chi connectivity index (χ3v) is 3.77. The molecule has 0 fully saturated rings. The molecule has 0 aliphatic rings. The van der Waals surface area contributed by atoms with Crippen molar-refractivity contribution >= 4 is 17.3 Å². The zero-order valence-electron chi connectivity index (χ0n) is 13.8. The molecule has 0 spiro atoms. The van der Waals surface area contributed by atoms with E-state index >= 15 is 0 Å². The van der Waals surface area contributed by atoms with Crippen molar-refractivity contribution < 1.29 is 9.53 Å². The highest BCUT2D eigenvalue weighted by Crippen LogP contribution is 2.27. The van der Waals surface area contributed by atoms with Gasteiger partial charge in [0, 0.05) is 16.9 Å². The van der Waals surface area contributed by atoms with Gasteiger partial charge in [0.05, 0.1) is 7.11 Å². The lowest BCUT2D eigenvalue weighted by Crippen LogP contribution is -2.25. The number of para-hydroxylation sites is 1. The SMILES string of the molecule is COc1ccc(N(C(=O)c2ccccc2)c2ccccc2)ccc1=O. The number of hydrogen-bond donors (Lipinski definition) is 0. The van der Waals surface area contributed by atoms with Crippen LogP contribution in [0.4, 0.5) is 11.4 Å². The van der Waals surface area contributed by atoms with E-state index in [0.29, 0.717) is 16.9 Å². The average molecular weight is 331 g/mol. The molecule has 0 aromatic heterocycles. The molecular weight excluding hydrogens is 314 g/mol. The number of carbonyl (C=O) groups excluding carboxylic acids is 1. The van der Waals surface area contributed by atoms with Crippen LogP contribution >= 0.6 is 0 Å². The van der Waals surface area contributed by atoms with Crippen LogP contribution in [-0.4, -0.2) is 13.0 Å². The van der Waals surface area contributed by atoms with Crippen molar-refractivity contribution in [3.05, 3.63) is 101 Å². The molecule has 3 rings (SSSR count). The van der Waals surface area contributed by atoms with E-state index < -0.39 is 0 Å². The highest BCUT2D eigenvalue weighted by Gasteiger charge is 2.19. The van der Waals surface area contributed by atoms with Gasteiger partial charge in [-0.3, -0.25) is 14.5 Å². The van der Waals surface area contributed by atoms with Gasteiger partial charge in [0.1, 0.15) is 0 Å². The first-order valence-electron chi connectivity index (χ1n) is 7.83. The molecule has 0 unspecified atom stereocenters. The van der Waals surface area contributed by atoms with Crippen LogP contribution in [0.1, 0.15) is 10.4 Å². The molecule has 0 saturated carbocycles. The van der Waals surface area contributed by atoms with Gasteiger partial charge < -0.3 is 4.74 Å². The van der Waals surface area contributed by atoms with E-state index in [-0.39, 0.29) is 17.1 Å². The number of rotatable bonds is 4. The summed E-state index contributed by atoms with van der Waals surface area (Å²) in [7, 11) is 1.44. The van der Waals surface area contributed by atoms with E-state index in [2.05, 4.69) is 0 Å². The first kappa shape index (κ1) is 16.5. The minimum absolute atomic E-state index is 0.176. The standard InChI is InChI=1S/C21H17NO3/c1-25-20-15-13-18(12-14-19(20)23)22(17-10-6-3-7-11-17)21(24)16-8-4-2-5-9-16/h2-15H,1H3. The summed E-state index contributed by atoms with van der Waals surface area (Å²) in [6.07, 6.45) is 0. The van der Waals surface area contributed by atoms with E-state index in [1.807, 2.05) is 48.5 Å². The van der Waals surface area contributed by atoms with E-state index in [4.69, 9.17) is 4.74 Å². The van der Waals surface area contributed by atoms with Crippen molar-refractivity contribution in [2.24, 2.45) is 0 Å². The summed E-state index contributed by atoms with van der Waals surface area (Å²) >= 11 is 0. The van der Waals surface area contributed by atoms with Crippen LogP contribution in [0, 0.1) is 0 Å². The minimum atomic E-state index is -0.242. The van der Waals surface area contributed by atoms with Crippen molar-refractivity contribution in [2.45, 2.75) is 0 Å². The maximum Gasteiger partial charge on any atom is 0.262 e. The quantitative estimate of drug-likeness (QED) is 0.725. The summed E-state index contributed by atoms with van der Waals surface area (Å²) in [6, 6.07) is 24.7. The van der Waals surface area contributed by atoms with Crippen LogP contribution in [0.3, 0.4) is 0 Å². The number of nitrogens with zero attached hydrogens (tertiary/aromatic N) is 1. The normalized spacial score (nSPS) is 10.1. The predicted molar refractivity (Wildman–Crippen MR) is 98.6 cm³/mol. The van der Waals surface area contributed by atoms with Gasteiger partial charge in [-0.1, -0.05) is 36.4 Å². The van der Waals surface area contributed by atoms with Crippen LogP contribution in [-0.2, 0) is 0 Å². The average Bonchev–Trinajstić information content (AvgIpc) is 2.85. The van der Waals surface area contributed by atoms with Crippen molar-refractivity contribution in [3.8, 4) is 5.75 Å². The second-order valence-electron chi connectivity index (χ2n) is 5.37. The molecule has 0 radical (unpaired) electrons. The van der Waals surface area contributed by atoms with Crippen molar-refractivity contribution in [1.82, 2.24) is 0 Å². The van der Waals surface area contributed by atoms with Crippen LogP contribution in [0.5, 0.6) is 5.75 Å². The molecule has 0 aliphatic heterocycles. The van der Waals surface area contributed by atoms with Crippen molar-refractivity contribution in [2.75, 3.05) is 12.0 Å². The van der Waals surface area contributed by atoms with E-state index in [9.17, 15) is 9.59 Å². The number of anilines is 2. The first-order valence-corrected chi connectivity index (χ1v) is 7.83. The van der Waals surface area contributed by atoms with Gasteiger partial charge in [-0.25, -0.2) is 0 Å². The fraction of sp³-hybridized carbons (Fsp3) is 0.0476. The third-order valence-electron chi connectivity index (χ3n) is 3.77. The van der Waals surface area contributed by atoms with E-state index in [1.165, 1.54) is 13.2 Å². The maximum atomic E-state index is 13.1. The molecule has 4 heteroatoms. The topological polar surface area (TPSA) is 46.6 Å². The van der Waals surface area contributed by atoms with Gasteiger partial charge in [-0.05, 0) is 48.5 Å². The van der Waals surface area contributed by atoms with Crippen LogP contribution < -0.4 is 15.1 Å². The molecule has 0 N–H and O–H groups in total. The minimum Gasteiger partial charge on any atom is -0.493 e. The second kappa shape index (κ2) is 7.45. The number of benzene rings is 2. The molecule has 124 valence electrons. The third kappa shape index (κ3) is 3.58. The van der Waals surface area contributed by atoms with Gasteiger partial charge in [-0.15, -0.1) is 0 Å². The lowest BCUT2D eigenvalue weighted by Gasteiger charge is -2.22. The second-order valence-corrected chi connectivity index (χ2v) is 5.37. The Labute approximate surface area is 145 Å². The Morgan fingerprint density at radius 2 is 1.32 bits per heavy atom.